The largest absolute Gasteiger partial charge is 0.407 e. The van der Waals surface area contributed by atoms with Crippen LogP contribution < -0.4 is 9.80 Å². The number of rotatable bonds is 2. The van der Waals surface area contributed by atoms with Crippen molar-refractivity contribution in [1.29, 1.82) is 0 Å². The standard InChI is InChI=1S/C11H17N3O/c1-2-5-14(6-3-1)11-12-9-10(15-11)13-7-4-8-13/h9H,1-8H2. The van der Waals surface area contributed by atoms with Crippen LogP contribution >= 0.6 is 0 Å². The maximum absolute atomic E-state index is 5.77. The minimum atomic E-state index is 0.816. The first-order chi connectivity index (χ1) is 7.43. The van der Waals surface area contributed by atoms with Crippen LogP contribution in [0.2, 0.25) is 0 Å². The molecule has 0 aliphatic carbocycles. The van der Waals surface area contributed by atoms with Crippen LogP contribution in [0.15, 0.2) is 10.6 Å². The lowest BCUT2D eigenvalue weighted by Gasteiger charge is -2.30. The lowest BCUT2D eigenvalue weighted by molar-refractivity contribution is 0.468. The Kier molecular flexibility index (Phi) is 2.27. The van der Waals surface area contributed by atoms with Crippen LogP contribution in [0.3, 0.4) is 0 Å². The molecule has 1 aromatic rings. The Morgan fingerprint density at radius 3 is 2.33 bits per heavy atom. The van der Waals surface area contributed by atoms with E-state index in [1.807, 2.05) is 6.20 Å². The first-order valence-electron chi connectivity index (χ1n) is 5.89. The fourth-order valence-corrected chi connectivity index (χ4v) is 2.17. The van der Waals surface area contributed by atoms with Crippen LogP contribution in [0.5, 0.6) is 0 Å². The van der Waals surface area contributed by atoms with Gasteiger partial charge in [-0.1, -0.05) is 0 Å². The smallest absolute Gasteiger partial charge is 0.299 e. The van der Waals surface area contributed by atoms with Gasteiger partial charge in [0.05, 0.1) is 6.20 Å². The van der Waals surface area contributed by atoms with E-state index in [4.69, 9.17) is 4.42 Å². The van der Waals surface area contributed by atoms with Gasteiger partial charge < -0.3 is 14.2 Å². The molecule has 0 radical (unpaired) electrons. The van der Waals surface area contributed by atoms with Crippen LogP contribution in [0.25, 0.3) is 0 Å². The molecule has 0 saturated carbocycles. The van der Waals surface area contributed by atoms with Gasteiger partial charge in [0.2, 0.25) is 5.88 Å². The SMILES string of the molecule is c1nc(N2CCCCC2)oc1N1CCC1. The molecule has 3 heterocycles. The van der Waals surface area contributed by atoms with Gasteiger partial charge in [-0.15, -0.1) is 0 Å². The lowest BCUT2D eigenvalue weighted by Crippen LogP contribution is -2.36. The van der Waals surface area contributed by atoms with Crippen molar-refractivity contribution < 1.29 is 4.42 Å². The van der Waals surface area contributed by atoms with Gasteiger partial charge in [-0.2, -0.15) is 4.98 Å². The van der Waals surface area contributed by atoms with Crippen molar-refractivity contribution in [3.63, 3.8) is 0 Å². The molecule has 2 saturated heterocycles. The minimum absolute atomic E-state index is 0.816. The Bertz CT molecular complexity index is 326. The molecule has 0 N–H and O–H groups in total. The number of nitrogens with zero attached hydrogens (tertiary/aromatic N) is 3. The Morgan fingerprint density at radius 2 is 1.67 bits per heavy atom. The molecule has 15 heavy (non-hydrogen) atoms. The second-order valence-electron chi connectivity index (χ2n) is 4.37. The quantitative estimate of drug-likeness (QED) is 0.741. The molecule has 0 bridgehead atoms. The van der Waals surface area contributed by atoms with Gasteiger partial charge in [0.1, 0.15) is 0 Å². The molecule has 0 aromatic carbocycles. The Balaban J connectivity index is 1.71. The van der Waals surface area contributed by atoms with Crippen LogP contribution in [0.1, 0.15) is 25.7 Å². The van der Waals surface area contributed by atoms with Crippen molar-refractivity contribution in [2.24, 2.45) is 0 Å². The summed E-state index contributed by atoms with van der Waals surface area (Å²) in [5.41, 5.74) is 0. The van der Waals surface area contributed by atoms with Crippen molar-refractivity contribution in [2.45, 2.75) is 25.7 Å². The molecule has 2 aliphatic rings. The van der Waals surface area contributed by atoms with E-state index in [0.29, 0.717) is 0 Å². The van der Waals surface area contributed by atoms with Gasteiger partial charge in [-0.25, -0.2) is 0 Å². The fraction of sp³-hybridized carbons (Fsp3) is 0.727. The highest BCUT2D eigenvalue weighted by molar-refractivity contribution is 5.41. The number of oxazole rings is 1. The summed E-state index contributed by atoms with van der Waals surface area (Å²) in [4.78, 5) is 8.85. The second-order valence-corrected chi connectivity index (χ2v) is 4.37. The molecular weight excluding hydrogens is 190 g/mol. The molecule has 4 heteroatoms. The maximum Gasteiger partial charge on any atom is 0.299 e. The van der Waals surface area contributed by atoms with E-state index >= 15 is 0 Å². The van der Waals surface area contributed by atoms with Crippen molar-refractivity contribution in [3.05, 3.63) is 6.20 Å². The summed E-state index contributed by atoms with van der Waals surface area (Å²) in [7, 11) is 0. The lowest BCUT2D eigenvalue weighted by atomic mass is 10.1. The highest BCUT2D eigenvalue weighted by Crippen LogP contribution is 2.26. The van der Waals surface area contributed by atoms with Crippen molar-refractivity contribution in [1.82, 2.24) is 4.98 Å². The van der Waals surface area contributed by atoms with Crippen LogP contribution in [0.4, 0.5) is 11.9 Å². The number of anilines is 2. The molecule has 3 rings (SSSR count). The van der Waals surface area contributed by atoms with Gasteiger partial charge in [-0.3, -0.25) is 0 Å². The maximum atomic E-state index is 5.77. The van der Waals surface area contributed by atoms with E-state index in [1.165, 1.54) is 25.7 Å². The molecule has 0 amide bonds. The Morgan fingerprint density at radius 1 is 0.933 bits per heavy atom. The highest BCUT2D eigenvalue weighted by Gasteiger charge is 2.21. The zero-order valence-corrected chi connectivity index (χ0v) is 8.98. The molecule has 2 aliphatic heterocycles. The van der Waals surface area contributed by atoms with E-state index < -0.39 is 0 Å². The zero-order chi connectivity index (χ0) is 10.1. The van der Waals surface area contributed by atoms with Crippen LogP contribution in [-0.4, -0.2) is 31.2 Å². The molecule has 2 fully saturated rings. The molecule has 82 valence electrons. The Hall–Kier alpha value is -1.19. The molecule has 0 unspecified atom stereocenters. The van der Waals surface area contributed by atoms with Gasteiger partial charge in [0.15, 0.2) is 0 Å². The molecule has 1 aromatic heterocycles. The fourth-order valence-electron chi connectivity index (χ4n) is 2.17. The summed E-state index contributed by atoms with van der Waals surface area (Å²) >= 11 is 0. The van der Waals surface area contributed by atoms with Gasteiger partial charge in [-0.05, 0) is 25.7 Å². The van der Waals surface area contributed by atoms with E-state index in [-0.39, 0.29) is 0 Å². The average molecular weight is 207 g/mol. The number of hydrogen-bond acceptors (Lipinski definition) is 4. The third-order valence-corrected chi connectivity index (χ3v) is 3.28. The van der Waals surface area contributed by atoms with Crippen molar-refractivity contribution in [3.8, 4) is 0 Å². The number of aromatic nitrogens is 1. The minimum Gasteiger partial charge on any atom is -0.407 e. The Labute approximate surface area is 89.9 Å². The third kappa shape index (κ3) is 1.68. The summed E-state index contributed by atoms with van der Waals surface area (Å²) in [5, 5.41) is 0. The van der Waals surface area contributed by atoms with E-state index in [1.54, 1.807) is 0 Å². The summed E-state index contributed by atoms with van der Waals surface area (Å²) in [6.07, 6.45) is 7.02. The van der Waals surface area contributed by atoms with Crippen molar-refractivity contribution in [2.75, 3.05) is 36.0 Å². The molecular formula is C11H17N3O. The summed E-state index contributed by atoms with van der Waals surface area (Å²) in [6.45, 7) is 4.43. The average Bonchev–Trinajstić information content (AvgIpc) is 2.66. The van der Waals surface area contributed by atoms with Crippen LogP contribution in [0, 0.1) is 0 Å². The van der Waals surface area contributed by atoms with Gasteiger partial charge >= 0.3 is 0 Å². The predicted molar refractivity (Wildman–Crippen MR) is 59.4 cm³/mol. The number of piperidine rings is 1. The molecule has 0 atom stereocenters. The third-order valence-electron chi connectivity index (χ3n) is 3.28. The number of hydrogen-bond donors (Lipinski definition) is 0. The zero-order valence-electron chi connectivity index (χ0n) is 8.98. The highest BCUT2D eigenvalue weighted by atomic mass is 16.4. The predicted octanol–water partition coefficient (Wildman–Crippen LogP) is 1.88. The van der Waals surface area contributed by atoms with E-state index in [0.717, 1.165) is 38.1 Å². The molecule has 0 spiro atoms. The van der Waals surface area contributed by atoms with Gasteiger partial charge in [0, 0.05) is 26.2 Å². The first kappa shape index (κ1) is 9.07. The first-order valence-corrected chi connectivity index (χ1v) is 5.89. The van der Waals surface area contributed by atoms with E-state index in [2.05, 4.69) is 14.8 Å². The topological polar surface area (TPSA) is 32.5 Å². The molecule has 4 nitrogen and oxygen atoms in total. The van der Waals surface area contributed by atoms with E-state index in [9.17, 15) is 0 Å². The second kappa shape index (κ2) is 3.76. The monoisotopic (exact) mass is 207 g/mol. The van der Waals surface area contributed by atoms with Crippen LogP contribution in [-0.2, 0) is 0 Å². The summed E-state index contributed by atoms with van der Waals surface area (Å²) < 4.78 is 5.77. The summed E-state index contributed by atoms with van der Waals surface area (Å²) in [6, 6.07) is 0.816. The van der Waals surface area contributed by atoms with Gasteiger partial charge in [0.25, 0.3) is 6.01 Å². The summed E-state index contributed by atoms with van der Waals surface area (Å²) in [5.74, 6) is 0.946. The van der Waals surface area contributed by atoms with Crippen molar-refractivity contribution >= 4 is 11.9 Å². The normalized spacial score (nSPS) is 21.6.